The Labute approximate surface area is 167 Å². The molecule has 2 aromatic carbocycles. The lowest BCUT2D eigenvalue weighted by Gasteiger charge is -2.28. The van der Waals surface area contributed by atoms with Gasteiger partial charge < -0.3 is 4.90 Å². The van der Waals surface area contributed by atoms with Gasteiger partial charge in [-0.15, -0.1) is 11.6 Å². The number of aromatic nitrogens is 2. The van der Waals surface area contributed by atoms with Crippen LogP contribution in [0, 0.1) is 0 Å². The van der Waals surface area contributed by atoms with E-state index < -0.39 is 11.4 Å². The highest BCUT2D eigenvalue weighted by molar-refractivity contribution is 6.31. The molecule has 0 saturated carbocycles. The van der Waals surface area contributed by atoms with Crippen molar-refractivity contribution in [3.8, 4) is 0 Å². The molecule has 2 atom stereocenters. The summed E-state index contributed by atoms with van der Waals surface area (Å²) >= 11 is 12.4. The second-order valence-corrected chi connectivity index (χ2v) is 7.27. The molecule has 140 valence electrons. The molecule has 0 bridgehead atoms. The van der Waals surface area contributed by atoms with Crippen molar-refractivity contribution in [1.82, 2.24) is 14.5 Å². The molecule has 3 aromatic rings. The summed E-state index contributed by atoms with van der Waals surface area (Å²) < 4.78 is 1.45. The molecule has 0 fully saturated rings. The van der Waals surface area contributed by atoms with Crippen LogP contribution in [0.2, 0.25) is 5.02 Å². The summed E-state index contributed by atoms with van der Waals surface area (Å²) in [5.74, 6) is 0.193. The third kappa shape index (κ3) is 3.70. The minimum atomic E-state index is -0.814. The minimum absolute atomic E-state index is 0.190. The van der Waals surface area contributed by atoms with E-state index in [1.54, 1.807) is 44.4 Å². The molecule has 0 aliphatic rings. The Hall–Kier alpha value is -2.37. The topological polar surface area (TPSA) is 55.2 Å². The van der Waals surface area contributed by atoms with Crippen molar-refractivity contribution in [3.63, 3.8) is 0 Å². The van der Waals surface area contributed by atoms with Crippen LogP contribution in [-0.2, 0) is 11.8 Å². The zero-order valence-electron chi connectivity index (χ0n) is 15.2. The number of likely N-dealkylation sites (N-methyl/N-ethyl adjacent to an activating group) is 1. The van der Waals surface area contributed by atoms with E-state index in [0.29, 0.717) is 21.7 Å². The van der Waals surface area contributed by atoms with Crippen molar-refractivity contribution >= 4 is 40.0 Å². The molecule has 1 heterocycles. The van der Waals surface area contributed by atoms with Crippen molar-refractivity contribution in [2.75, 3.05) is 7.05 Å². The van der Waals surface area contributed by atoms with Gasteiger partial charge in [-0.2, -0.15) is 0 Å². The molecular weight excluding hydrogens is 385 g/mol. The van der Waals surface area contributed by atoms with E-state index in [2.05, 4.69) is 4.98 Å². The monoisotopic (exact) mass is 403 g/mol. The fraction of sp³-hybridized carbons (Fsp3) is 0.250. The van der Waals surface area contributed by atoms with E-state index in [1.165, 1.54) is 9.47 Å². The molecule has 0 saturated heterocycles. The van der Waals surface area contributed by atoms with Crippen LogP contribution in [0.4, 0.5) is 0 Å². The number of benzene rings is 2. The van der Waals surface area contributed by atoms with Gasteiger partial charge in [0, 0.05) is 19.1 Å². The molecule has 27 heavy (non-hydrogen) atoms. The summed E-state index contributed by atoms with van der Waals surface area (Å²) in [6, 6.07) is 13.6. The number of fused-ring (bicyclic) bond motifs is 1. The predicted octanol–water partition coefficient (Wildman–Crippen LogP) is 4.09. The van der Waals surface area contributed by atoms with Crippen LogP contribution >= 0.6 is 23.2 Å². The largest absolute Gasteiger partial charge is 0.334 e. The smallest absolute Gasteiger partial charge is 0.261 e. The molecule has 0 radical (unpaired) electrons. The first-order valence-electron chi connectivity index (χ1n) is 8.43. The van der Waals surface area contributed by atoms with Crippen LogP contribution in [0.3, 0.4) is 0 Å². The van der Waals surface area contributed by atoms with Gasteiger partial charge in [0.05, 0.1) is 16.9 Å². The fourth-order valence-electron chi connectivity index (χ4n) is 2.94. The van der Waals surface area contributed by atoms with Crippen LogP contribution in [0.15, 0.2) is 53.3 Å². The highest BCUT2D eigenvalue weighted by atomic mass is 35.5. The van der Waals surface area contributed by atoms with E-state index in [0.717, 1.165) is 5.56 Å². The Kier molecular flexibility index (Phi) is 5.53. The van der Waals surface area contributed by atoms with Crippen LogP contribution in [0.5, 0.6) is 0 Å². The van der Waals surface area contributed by atoms with Gasteiger partial charge in [0.15, 0.2) is 0 Å². The highest BCUT2D eigenvalue weighted by Crippen LogP contribution is 2.27. The Morgan fingerprint density at radius 1 is 1.19 bits per heavy atom. The zero-order valence-corrected chi connectivity index (χ0v) is 16.7. The number of rotatable bonds is 4. The maximum Gasteiger partial charge on any atom is 0.261 e. The van der Waals surface area contributed by atoms with Gasteiger partial charge in [0.2, 0.25) is 5.91 Å². The van der Waals surface area contributed by atoms with Gasteiger partial charge in [-0.25, -0.2) is 4.98 Å². The lowest BCUT2D eigenvalue weighted by molar-refractivity contribution is -0.131. The van der Waals surface area contributed by atoms with Crippen molar-refractivity contribution in [3.05, 3.63) is 75.3 Å². The molecule has 0 aliphatic heterocycles. The molecular formula is C20H19Cl2N3O2. The number of alkyl halides is 1. The SMILES string of the molecule is C[C@H](c1nc2cc(Cl)ccc2c(=O)n1C)N(C)C(=O)[C@H](Cl)c1ccccc1. The zero-order chi connectivity index (χ0) is 19.7. The molecule has 0 unspecified atom stereocenters. The number of carbonyl (C=O) groups excluding carboxylic acids is 1. The van der Waals surface area contributed by atoms with Crippen molar-refractivity contribution in [2.45, 2.75) is 18.3 Å². The van der Waals surface area contributed by atoms with Gasteiger partial charge in [-0.1, -0.05) is 41.9 Å². The normalized spacial score (nSPS) is 13.4. The maximum atomic E-state index is 12.8. The van der Waals surface area contributed by atoms with Gasteiger partial charge >= 0.3 is 0 Å². The van der Waals surface area contributed by atoms with Gasteiger partial charge in [-0.05, 0) is 30.7 Å². The van der Waals surface area contributed by atoms with Crippen molar-refractivity contribution in [2.24, 2.45) is 7.05 Å². The first-order valence-corrected chi connectivity index (χ1v) is 9.24. The average molecular weight is 404 g/mol. The van der Waals surface area contributed by atoms with E-state index in [9.17, 15) is 9.59 Å². The second kappa shape index (κ2) is 7.71. The van der Waals surface area contributed by atoms with Crippen LogP contribution in [0.1, 0.15) is 29.7 Å². The Morgan fingerprint density at radius 3 is 2.52 bits per heavy atom. The van der Waals surface area contributed by atoms with E-state index >= 15 is 0 Å². The molecule has 0 N–H and O–H groups in total. The number of nitrogens with zero attached hydrogens (tertiary/aromatic N) is 3. The molecule has 1 aromatic heterocycles. The van der Waals surface area contributed by atoms with Crippen LogP contribution in [-0.4, -0.2) is 27.4 Å². The average Bonchev–Trinajstić information content (AvgIpc) is 2.69. The third-order valence-electron chi connectivity index (χ3n) is 4.68. The molecule has 0 spiro atoms. The van der Waals surface area contributed by atoms with Crippen LogP contribution in [0.25, 0.3) is 10.9 Å². The summed E-state index contributed by atoms with van der Waals surface area (Å²) in [7, 11) is 3.29. The Bertz CT molecular complexity index is 1050. The van der Waals surface area contributed by atoms with E-state index in [4.69, 9.17) is 23.2 Å². The molecule has 3 rings (SSSR count). The predicted molar refractivity (Wildman–Crippen MR) is 108 cm³/mol. The lowest BCUT2D eigenvalue weighted by atomic mass is 10.1. The van der Waals surface area contributed by atoms with Gasteiger partial charge in [0.25, 0.3) is 5.56 Å². The number of hydrogen-bond donors (Lipinski definition) is 0. The van der Waals surface area contributed by atoms with Gasteiger partial charge in [-0.3, -0.25) is 14.2 Å². The van der Waals surface area contributed by atoms with Gasteiger partial charge in [0.1, 0.15) is 11.2 Å². The highest BCUT2D eigenvalue weighted by Gasteiger charge is 2.27. The standard InChI is InChI=1S/C20H19Cl2N3O2/c1-12(24(2)20(27)17(22)13-7-5-4-6-8-13)18-23-16-11-14(21)9-10-15(16)19(26)25(18)3/h4-12,17H,1-3H3/t12-,17-/m1/s1. The lowest BCUT2D eigenvalue weighted by Crippen LogP contribution is -2.36. The summed E-state index contributed by atoms with van der Waals surface area (Å²) in [5, 5.41) is 0.160. The summed E-state index contributed by atoms with van der Waals surface area (Å²) in [5.41, 5.74) is 1.03. The quantitative estimate of drug-likeness (QED) is 0.616. The molecule has 7 heteroatoms. The maximum absolute atomic E-state index is 12.8. The third-order valence-corrected chi connectivity index (χ3v) is 5.36. The number of amides is 1. The van der Waals surface area contributed by atoms with E-state index in [-0.39, 0.29) is 11.5 Å². The minimum Gasteiger partial charge on any atom is -0.334 e. The number of halogens is 2. The number of carbonyl (C=O) groups is 1. The van der Waals surface area contributed by atoms with Crippen LogP contribution < -0.4 is 5.56 Å². The second-order valence-electron chi connectivity index (χ2n) is 6.39. The Morgan fingerprint density at radius 2 is 1.85 bits per heavy atom. The fourth-order valence-corrected chi connectivity index (χ4v) is 3.41. The summed E-state index contributed by atoms with van der Waals surface area (Å²) in [6.45, 7) is 1.81. The molecule has 5 nitrogen and oxygen atoms in total. The molecule has 0 aliphatic carbocycles. The number of hydrogen-bond acceptors (Lipinski definition) is 3. The Balaban J connectivity index is 1.97. The first-order chi connectivity index (χ1) is 12.8. The van der Waals surface area contributed by atoms with E-state index in [1.807, 2.05) is 25.1 Å². The first kappa shape index (κ1) is 19.4. The van der Waals surface area contributed by atoms with Crippen molar-refractivity contribution < 1.29 is 4.79 Å². The molecule has 1 amide bonds. The van der Waals surface area contributed by atoms with Crippen molar-refractivity contribution in [1.29, 1.82) is 0 Å². The summed E-state index contributed by atoms with van der Waals surface area (Å²) in [6.07, 6.45) is 0. The summed E-state index contributed by atoms with van der Waals surface area (Å²) in [4.78, 5) is 31.6.